The van der Waals surface area contributed by atoms with Gasteiger partial charge in [-0.25, -0.2) is 8.78 Å². The summed E-state index contributed by atoms with van der Waals surface area (Å²) in [7, 11) is 3.87. The standard InChI is InChI=1S/C14H19F2N3O2/c1-19(2)7-3-6-17-13(20)9-18-14(21)10-4-5-11(15)12(16)8-10/h4-5,8H,3,6-7,9H2,1-2H3,(H,17,20)(H,18,21). The molecule has 0 saturated carbocycles. The molecule has 1 aromatic rings. The highest BCUT2D eigenvalue weighted by Gasteiger charge is 2.10. The molecule has 0 atom stereocenters. The molecule has 5 nitrogen and oxygen atoms in total. The van der Waals surface area contributed by atoms with Crippen molar-refractivity contribution in [1.29, 1.82) is 0 Å². The average Bonchev–Trinajstić information content (AvgIpc) is 2.43. The van der Waals surface area contributed by atoms with Gasteiger partial charge in [-0.3, -0.25) is 9.59 Å². The quantitative estimate of drug-likeness (QED) is 0.731. The number of carbonyl (C=O) groups is 2. The van der Waals surface area contributed by atoms with E-state index in [2.05, 4.69) is 10.6 Å². The van der Waals surface area contributed by atoms with Crippen molar-refractivity contribution >= 4 is 11.8 Å². The number of nitrogens with zero attached hydrogens (tertiary/aromatic N) is 1. The lowest BCUT2D eigenvalue weighted by molar-refractivity contribution is -0.120. The molecule has 0 bridgehead atoms. The molecule has 0 spiro atoms. The van der Waals surface area contributed by atoms with Gasteiger partial charge < -0.3 is 15.5 Å². The van der Waals surface area contributed by atoms with E-state index in [0.717, 1.165) is 31.2 Å². The Hall–Kier alpha value is -2.02. The Morgan fingerprint density at radius 1 is 1.14 bits per heavy atom. The molecular formula is C14H19F2N3O2. The van der Waals surface area contributed by atoms with E-state index < -0.39 is 17.5 Å². The monoisotopic (exact) mass is 299 g/mol. The number of rotatable bonds is 7. The van der Waals surface area contributed by atoms with Crippen LogP contribution in [0.4, 0.5) is 8.78 Å². The highest BCUT2D eigenvalue weighted by Crippen LogP contribution is 2.08. The lowest BCUT2D eigenvalue weighted by Gasteiger charge is -2.10. The van der Waals surface area contributed by atoms with Gasteiger partial charge in [-0.15, -0.1) is 0 Å². The van der Waals surface area contributed by atoms with Crippen LogP contribution in [-0.4, -0.2) is 50.4 Å². The van der Waals surface area contributed by atoms with Gasteiger partial charge in [0.2, 0.25) is 5.91 Å². The number of hydrogen-bond donors (Lipinski definition) is 2. The smallest absolute Gasteiger partial charge is 0.251 e. The van der Waals surface area contributed by atoms with Gasteiger partial charge in [0.15, 0.2) is 11.6 Å². The molecule has 1 rings (SSSR count). The number of nitrogens with one attached hydrogen (secondary N) is 2. The average molecular weight is 299 g/mol. The fraction of sp³-hybridized carbons (Fsp3) is 0.429. The van der Waals surface area contributed by atoms with Crippen LogP contribution in [0.25, 0.3) is 0 Å². The molecule has 0 aromatic heterocycles. The number of amides is 2. The minimum atomic E-state index is -1.10. The van der Waals surface area contributed by atoms with Gasteiger partial charge in [-0.05, 0) is 45.3 Å². The largest absolute Gasteiger partial charge is 0.355 e. The number of halogens is 2. The Balaban J connectivity index is 2.32. The first-order valence-corrected chi connectivity index (χ1v) is 6.55. The summed E-state index contributed by atoms with van der Waals surface area (Å²) in [6.45, 7) is 1.15. The van der Waals surface area contributed by atoms with Gasteiger partial charge in [0.05, 0.1) is 6.54 Å². The fourth-order valence-electron chi connectivity index (χ4n) is 1.59. The Morgan fingerprint density at radius 3 is 2.48 bits per heavy atom. The Kier molecular flexibility index (Phi) is 6.74. The summed E-state index contributed by atoms with van der Waals surface area (Å²) < 4.78 is 25.7. The van der Waals surface area contributed by atoms with E-state index in [1.54, 1.807) is 0 Å². The lowest BCUT2D eigenvalue weighted by atomic mass is 10.2. The van der Waals surface area contributed by atoms with E-state index in [0.29, 0.717) is 6.54 Å². The van der Waals surface area contributed by atoms with Gasteiger partial charge in [-0.1, -0.05) is 0 Å². The predicted octanol–water partition coefficient (Wildman–Crippen LogP) is 0.762. The third-order valence-corrected chi connectivity index (χ3v) is 2.70. The summed E-state index contributed by atoms with van der Waals surface area (Å²) in [5, 5.41) is 5.00. The SMILES string of the molecule is CN(C)CCCNC(=O)CNC(=O)c1ccc(F)c(F)c1. The number of hydrogen-bond acceptors (Lipinski definition) is 3. The molecule has 0 saturated heterocycles. The lowest BCUT2D eigenvalue weighted by Crippen LogP contribution is -2.37. The molecule has 21 heavy (non-hydrogen) atoms. The number of carbonyl (C=O) groups excluding carboxylic acids is 2. The molecule has 0 unspecified atom stereocenters. The predicted molar refractivity (Wildman–Crippen MR) is 74.9 cm³/mol. The summed E-state index contributed by atoms with van der Waals surface area (Å²) in [6.07, 6.45) is 0.801. The minimum absolute atomic E-state index is 0.0330. The van der Waals surface area contributed by atoms with Crippen molar-refractivity contribution in [2.45, 2.75) is 6.42 Å². The van der Waals surface area contributed by atoms with E-state index in [9.17, 15) is 18.4 Å². The van der Waals surface area contributed by atoms with Crippen molar-refractivity contribution in [3.63, 3.8) is 0 Å². The van der Waals surface area contributed by atoms with Crippen molar-refractivity contribution in [3.8, 4) is 0 Å². The molecule has 7 heteroatoms. The van der Waals surface area contributed by atoms with Crippen molar-refractivity contribution in [3.05, 3.63) is 35.4 Å². The van der Waals surface area contributed by atoms with Crippen LogP contribution >= 0.6 is 0 Å². The maximum Gasteiger partial charge on any atom is 0.251 e. The van der Waals surface area contributed by atoms with Crippen LogP contribution in [-0.2, 0) is 4.79 Å². The Bertz CT molecular complexity index is 507. The summed E-state index contributed by atoms with van der Waals surface area (Å²) in [4.78, 5) is 25.1. The highest BCUT2D eigenvalue weighted by molar-refractivity contribution is 5.96. The van der Waals surface area contributed by atoms with Gasteiger partial charge in [-0.2, -0.15) is 0 Å². The second-order valence-corrected chi connectivity index (χ2v) is 4.82. The molecular weight excluding hydrogens is 280 g/mol. The van der Waals surface area contributed by atoms with Crippen LogP contribution < -0.4 is 10.6 Å². The Labute approximate surface area is 122 Å². The van der Waals surface area contributed by atoms with Crippen molar-refractivity contribution in [2.24, 2.45) is 0 Å². The molecule has 116 valence electrons. The van der Waals surface area contributed by atoms with E-state index in [4.69, 9.17) is 0 Å². The molecule has 1 aromatic carbocycles. The third-order valence-electron chi connectivity index (χ3n) is 2.70. The molecule has 2 N–H and O–H groups in total. The van der Waals surface area contributed by atoms with E-state index in [1.807, 2.05) is 19.0 Å². The molecule has 2 amide bonds. The van der Waals surface area contributed by atoms with Crippen LogP contribution in [0.1, 0.15) is 16.8 Å². The second kappa shape index (κ2) is 8.31. The summed E-state index contributed by atoms with van der Waals surface area (Å²) >= 11 is 0. The van der Waals surface area contributed by atoms with Crippen LogP contribution in [0, 0.1) is 11.6 Å². The fourth-order valence-corrected chi connectivity index (χ4v) is 1.59. The zero-order valence-corrected chi connectivity index (χ0v) is 12.1. The molecule has 0 heterocycles. The van der Waals surface area contributed by atoms with Crippen LogP contribution in [0.2, 0.25) is 0 Å². The second-order valence-electron chi connectivity index (χ2n) is 4.82. The summed E-state index contributed by atoms with van der Waals surface area (Å²) in [6, 6.07) is 2.81. The van der Waals surface area contributed by atoms with E-state index in [1.165, 1.54) is 0 Å². The van der Waals surface area contributed by atoms with Gasteiger partial charge >= 0.3 is 0 Å². The summed E-state index contributed by atoms with van der Waals surface area (Å²) in [5.41, 5.74) is -0.0330. The molecule has 0 aliphatic carbocycles. The molecule has 0 aliphatic heterocycles. The topological polar surface area (TPSA) is 61.4 Å². The first-order chi connectivity index (χ1) is 9.90. The zero-order chi connectivity index (χ0) is 15.8. The number of benzene rings is 1. The maximum absolute atomic E-state index is 13.0. The summed E-state index contributed by atoms with van der Waals surface area (Å²) in [5.74, 6) is -3.08. The van der Waals surface area contributed by atoms with Crippen molar-refractivity contribution in [1.82, 2.24) is 15.5 Å². The molecule has 0 radical (unpaired) electrons. The van der Waals surface area contributed by atoms with E-state index >= 15 is 0 Å². The van der Waals surface area contributed by atoms with Crippen molar-refractivity contribution < 1.29 is 18.4 Å². The van der Waals surface area contributed by atoms with Gasteiger partial charge in [0.25, 0.3) is 5.91 Å². The minimum Gasteiger partial charge on any atom is -0.355 e. The van der Waals surface area contributed by atoms with Gasteiger partial charge in [0.1, 0.15) is 0 Å². The van der Waals surface area contributed by atoms with Crippen LogP contribution in [0.3, 0.4) is 0 Å². The zero-order valence-electron chi connectivity index (χ0n) is 12.1. The van der Waals surface area contributed by atoms with Crippen LogP contribution in [0.15, 0.2) is 18.2 Å². The molecule has 0 aliphatic rings. The van der Waals surface area contributed by atoms with E-state index in [-0.39, 0.29) is 18.0 Å². The van der Waals surface area contributed by atoms with Crippen molar-refractivity contribution in [2.75, 3.05) is 33.7 Å². The third kappa shape index (κ3) is 6.31. The van der Waals surface area contributed by atoms with Gasteiger partial charge in [0, 0.05) is 12.1 Å². The maximum atomic E-state index is 13.0. The highest BCUT2D eigenvalue weighted by atomic mass is 19.2. The normalized spacial score (nSPS) is 10.5. The Morgan fingerprint density at radius 2 is 1.86 bits per heavy atom. The first-order valence-electron chi connectivity index (χ1n) is 6.55. The first kappa shape index (κ1) is 17.0. The molecule has 0 fully saturated rings. The van der Waals surface area contributed by atoms with Crippen LogP contribution in [0.5, 0.6) is 0 Å².